The fourth-order valence-electron chi connectivity index (χ4n) is 2.26. The molecule has 1 aromatic heterocycles. The lowest BCUT2D eigenvalue weighted by Gasteiger charge is -2.30. The first kappa shape index (κ1) is 14.9. The zero-order valence-corrected chi connectivity index (χ0v) is 12.1. The van der Waals surface area contributed by atoms with E-state index < -0.39 is 0 Å². The van der Waals surface area contributed by atoms with Gasteiger partial charge in [0, 0.05) is 5.92 Å². The van der Waals surface area contributed by atoms with Crippen LogP contribution in [0.1, 0.15) is 38.5 Å². The van der Waals surface area contributed by atoms with E-state index in [1.807, 2.05) is 13.8 Å². The van der Waals surface area contributed by atoms with Gasteiger partial charge in [0.2, 0.25) is 11.8 Å². The molecule has 7 heteroatoms. The third-order valence-corrected chi connectivity index (χ3v) is 3.59. The van der Waals surface area contributed by atoms with Crippen molar-refractivity contribution in [3.63, 3.8) is 0 Å². The van der Waals surface area contributed by atoms with Gasteiger partial charge in [0.15, 0.2) is 0 Å². The number of rotatable bonds is 5. The summed E-state index contributed by atoms with van der Waals surface area (Å²) in [6.07, 6.45) is 2.11. The van der Waals surface area contributed by atoms with Crippen molar-refractivity contribution in [2.24, 2.45) is 11.7 Å². The van der Waals surface area contributed by atoms with Crippen LogP contribution >= 0.6 is 0 Å². The molecule has 0 atom stereocenters. The molecule has 1 aliphatic rings. The van der Waals surface area contributed by atoms with Crippen molar-refractivity contribution in [3.05, 3.63) is 5.89 Å². The average molecular weight is 281 g/mol. The number of piperidine rings is 1. The first-order valence-corrected chi connectivity index (χ1v) is 7.14. The highest BCUT2D eigenvalue weighted by Gasteiger charge is 2.20. The number of nitrogens with one attached hydrogen (secondary N) is 1. The van der Waals surface area contributed by atoms with Crippen molar-refractivity contribution < 1.29 is 9.21 Å². The zero-order valence-electron chi connectivity index (χ0n) is 12.1. The first-order valence-electron chi connectivity index (χ1n) is 7.14. The van der Waals surface area contributed by atoms with Gasteiger partial charge in [-0.1, -0.05) is 18.9 Å². The van der Waals surface area contributed by atoms with Crippen LogP contribution in [0.2, 0.25) is 0 Å². The number of nitrogens with two attached hydrogens (primary N) is 1. The molecule has 1 amide bonds. The maximum Gasteiger partial charge on any atom is 0.322 e. The van der Waals surface area contributed by atoms with Crippen LogP contribution in [-0.4, -0.2) is 47.2 Å². The van der Waals surface area contributed by atoms with E-state index in [0.717, 1.165) is 32.5 Å². The minimum absolute atomic E-state index is 0.116. The molecule has 2 rings (SSSR count). The Bertz CT molecular complexity index is 438. The summed E-state index contributed by atoms with van der Waals surface area (Å²) in [5.74, 6) is 1.17. The highest BCUT2D eigenvalue weighted by molar-refractivity contribution is 5.90. The van der Waals surface area contributed by atoms with E-state index in [0.29, 0.717) is 18.4 Å². The molecule has 1 aromatic rings. The summed E-state index contributed by atoms with van der Waals surface area (Å²) in [6, 6.07) is 0.176. The van der Waals surface area contributed by atoms with Gasteiger partial charge in [-0.3, -0.25) is 15.0 Å². The Morgan fingerprint density at radius 1 is 1.45 bits per heavy atom. The number of carbonyl (C=O) groups excluding carboxylic acids is 1. The molecule has 0 aliphatic carbocycles. The Kier molecular flexibility index (Phi) is 5.08. The largest absolute Gasteiger partial charge is 0.408 e. The van der Waals surface area contributed by atoms with Crippen LogP contribution in [0.5, 0.6) is 0 Å². The average Bonchev–Trinajstić information content (AvgIpc) is 2.88. The molecule has 7 nitrogen and oxygen atoms in total. The normalized spacial score (nSPS) is 17.6. The fraction of sp³-hybridized carbons (Fsp3) is 0.769. The molecule has 0 saturated carbocycles. The number of hydrogen-bond donors (Lipinski definition) is 2. The predicted molar refractivity (Wildman–Crippen MR) is 75.2 cm³/mol. The van der Waals surface area contributed by atoms with Gasteiger partial charge < -0.3 is 10.2 Å². The van der Waals surface area contributed by atoms with Gasteiger partial charge in [-0.2, -0.15) is 0 Å². The van der Waals surface area contributed by atoms with E-state index in [1.54, 1.807) is 0 Å². The molecule has 0 radical (unpaired) electrons. The molecule has 1 fully saturated rings. The van der Waals surface area contributed by atoms with E-state index in [1.165, 1.54) is 0 Å². The zero-order chi connectivity index (χ0) is 14.5. The molecule has 112 valence electrons. The predicted octanol–water partition coefficient (Wildman–Crippen LogP) is 0.802. The molecular formula is C13H23N5O2. The summed E-state index contributed by atoms with van der Waals surface area (Å²) < 4.78 is 5.35. The fourth-order valence-corrected chi connectivity index (χ4v) is 2.26. The minimum Gasteiger partial charge on any atom is -0.408 e. The summed E-state index contributed by atoms with van der Waals surface area (Å²) in [7, 11) is 0. The SMILES string of the molecule is CC(C)c1nnc(NC(=O)CN2CCC(CN)CC2)o1. The van der Waals surface area contributed by atoms with Crippen LogP contribution in [0.25, 0.3) is 0 Å². The maximum atomic E-state index is 11.9. The molecule has 0 aromatic carbocycles. The third-order valence-electron chi connectivity index (χ3n) is 3.59. The number of amides is 1. The third kappa shape index (κ3) is 4.01. The molecule has 3 N–H and O–H groups in total. The Hall–Kier alpha value is -1.47. The van der Waals surface area contributed by atoms with Gasteiger partial charge in [-0.25, -0.2) is 0 Å². The Morgan fingerprint density at radius 2 is 2.15 bits per heavy atom. The highest BCUT2D eigenvalue weighted by Crippen LogP contribution is 2.16. The van der Waals surface area contributed by atoms with Crippen molar-refractivity contribution in [2.45, 2.75) is 32.6 Å². The van der Waals surface area contributed by atoms with Crippen LogP contribution in [-0.2, 0) is 4.79 Å². The Balaban J connectivity index is 1.77. The smallest absolute Gasteiger partial charge is 0.322 e. The number of hydrogen-bond acceptors (Lipinski definition) is 6. The Labute approximate surface area is 118 Å². The number of likely N-dealkylation sites (tertiary alicyclic amines) is 1. The molecular weight excluding hydrogens is 258 g/mol. The van der Waals surface area contributed by atoms with Crippen molar-refractivity contribution in [2.75, 3.05) is 31.5 Å². The van der Waals surface area contributed by atoms with Gasteiger partial charge >= 0.3 is 6.01 Å². The van der Waals surface area contributed by atoms with Crippen molar-refractivity contribution >= 4 is 11.9 Å². The van der Waals surface area contributed by atoms with Crippen LogP contribution < -0.4 is 11.1 Å². The second-order valence-corrected chi connectivity index (χ2v) is 5.60. The molecule has 2 heterocycles. The lowest BCUT2D eigenvalue weighted by molar-refractivity contribution is -0.117. The molecule has 0 bridgehead atoms. The molecule has 0 unspecified atom stereocenters. The lowest BCUT2D eigenvalue weighted by Crippen LogP contribution is -2.40. The monoisotopic (exact) mass is 281 g/mol. The topological polar surface area (TPSA) is 97.3 Å². The number of nitrogens with zero attached hydrogens (tertiary/aromatic N) is 3. The van der Waals surface area contributed by atoms with Gasteiger partial charge in [-0.15, -0.1) is 5.10 Å². The summed E-state index contributed by atoms with van der Waals surface area (Å²) in [6.45, 7) is 6.84. The molecule has 0 spiro atoms. The maximum absolute atomic E-state index is 11.9. The summed E-state index contributed by atoms with van der Waals surface area (Å²) in [5.41, 5.74) is 5.65. The summed E-state index contributed by atoms with van der Waals surface area (Å²) >= 11 is 0. The van der Waals surface area contributed by atoms with Gasteiger partial charge in [-0.05, 0) is 38.4 Å². The van der Waals surface area contributed by atoms with Gasteiger partial charge in [0.05, 0.1) is 6.54 Å². The van der Waals surface area contributed by atoms with E-state index in [9.17, 15) is 4.79 Å². The van der Waals surface area contributed by atoms with E-state index in [4.69, 9.17) is 10.2 Å². The summed E-state index contributed by atoms with van der Waals surface area (Å²) in [4.78, 5) is 14.0. The van der Waals surface area contributed by atoms with E-state index in [-0.39, 0.29) is 17.8 Å². The van der Waals surface area contributed by atoms with Crippen LogP contribution in [0.4, 0.5) is 6.01 Å². The minimum atomic E-state index is -0.116. The van der Waals surface area contributed by atoms with E-state index >= 15 is 0 Å². The van der Waals surface area contributed by atoms with Crippen LogP contribution in [0, 0.1) is 5.92 Å². The molecule has 1 aliphatic heterocycles. The number of aromatic nitrogens is 2. The lowest BCUT2D eigenvalue weighted by atomic mass is 9.97. The van der Waals surface area contributed by atoms with Crippen molar-refractivity contribution in [1.82, 2.24) is 15.1 Å². The number of carbonyl (C=O) groups is 1. The molecule has 20 heavy (non-hydrogen) atoms. The standard InChI is InChI=1S/C13H23N5O2/c1-9(2)12-16-17-13(20-12)15-11(19)8-18-5-3-10(7-14)4-6-18/h9-10H,3-8,14H2,1-2H3,(H,15,17,19). The van der Waals surface area contributed by atoms with Crippen LogP contribution in [0.3, 0.4) is 0 Å². The molecule has 1 saturated heterocycles. The van der Waals surface area contributed by atoms with E-state index in [2.05, 4.69) is 20.4 Å². The van der Waals surface area contributed by atoms with Gasteiger partial charge in [0.1, 0.15) is 0 Å². The van der Waals surface area contributed by atoms with Crippen molar-refractivity contribution in [1.29, 1.82) is 0 Å². The first-order chi connectivity index (χ1) is 9.58. The highest BCUT2D eigenvalue weighted by atomic mass is 16.4. The van der Waals surface area contributed by atoms with Gasteiger partial charge in [0.25, 0.3) is 0 Å². The summed E-state index contributed by atoms with van der Waals surface area (Å²) in [5, 5.41) is 10.3. The number of anilines is 1. The second kappa shape index (κ2) is 6.81. The van der Waals surface area contributed by atoms with Crippen molar-refractivity contribution in [3.8, 4) is 0 Å². The quantitative estimate of drug-likeness (QED) is 0.828. The van der Waals surface area contributed by atoms with Crippen LogP contribution in [0.15, 0.2) is 4.42 Å². The second-order valence-electron chi connectivity index (χ2n) is 5.60. The Morgan fingerprint density at radius 3 is 2.70 bits per heavy atom.